The van der Waals surface area contributed by atoms with Crippen LogP contribution < -0.4 is 0 Å². The third kappa shape index (κ3) is 3.15. The number of aromatic nitrogens is 2. The van der Waals surface area contributed by atoms with Gasteiger partial charge in [-0.25, -0.2) is 4.98 Å². The topological polar surface area (TPSA) is 49.0 Å². The van der Waals surface area contributed by atoms with Crippen molar-refractivity contribution >= 4 is 5.91 Å². The number of likely N-dealkylation sites (tertiary alicyclic amines) is 1. The third-order valence-corrected chi connectivity index (χ3v) is 4.36. The van der Waals surface area contributed by atoms with Gasteiger partial charge in [0.05, 0.1) is 6.42 Å². The van der Waals surface area contributed by atoms with Gasteiger partial charge >= 0.3 is 0 Å². The van der Waals surface area contributed by atoms with Crippen LogP contribution in [0.25, 0.3) is 0 Å². The molecule has 1 aliphatic rings. The Hall–Kier alpha value is -2.10. The normalized spacial score (nSPS) is 16.1. The van der Waals surface area contributed by atoms with Crippen molar-refractivity contribution in [1.82, 2.24) is 14.9 Å². The molecule has 2 heterocycles. The largest absolute Gasteiger partial charge is 0.348 e. The van der Waals surface area contributed by atoms with Crippen molar-refractivity contribution in [2.45, 2.75) is 32.1 Å². The Kier molecular flexibility index (Phi) is 4.04. The van der Waals surface area contributed by atoms with Crippen molar-refractivity contribution in [3.63, 3.8) is 0 Å². The van der Waals surface area contributed by atoms with Gasteiger partial charge in [0.25, 0.3) is 0 Å². The lowest BCUT2D eigenvalue weighted by Crippen LogP contribution is -2.39. The number of carbonyl (C=O) groups is 1. The average molecular weight is 283 g/mol. The summed E-state index contributed by atoms with van der Waals surface area (Å²) in [6.45, 7) is 3.72. The minimum atomic E-state index is 0.238. The van der Waals surface area contributed by atoms with Crippen LogP contribution in [0.3, 0.4) is 0 Å². The molecule has 110 valence electrons. The lowest BCUT2D eigenvalue weighted by atomic mass is 9.95. The highest BCUT2D eigenvalue weighted by Gasteiger charge is 2.25. The van der Waals surface area contributed by atoms with Gasteiger partial charge in [-0.05, 0) is 30.9 Å². The number of carbonyl (C=O) groups excluding carboxylic acids is 1. The molecule has 0 radical (unpaired) electrons. The predicted octanol–water partition coefficient (Wildman–Crippen LogP) is 2.67. The van der Waals surface area contributed by atoms with Crippen LogP contribution in [0.4, 0.5) is 0 Å². The summed E-state index contributed by atoms with van der Waals surface area (Å²) in [5, 5.41) is 0. The Morgan fingerprint density at radius 3 is 2.76 bits per heavy atom. The minimum Gasteiger partial charge on any atom is -0.348 e. The second kappa shape index (κ2) is 6.12. The van der Waals surface area contributed by atoms with Crippen molar-refractivity contribution in [3.05, 3.63) is 53.6 Å². The van der Waals surface area contributed by atoms with Crippen LogP contribution in [0, 0.1) is 6.92 Å². The van der Waals surface area contributed by atoms with Gasteiger partial charge < -0.3 is 9.88 Å². The first-order valence-corrected chi connectivity index (χ1v) is 7.55. The molecule has 0 unspecified atom stereocenters. The zero-order valence-electron chi connectivity index (χ0n) is 12.4. The van der Waals surface area contributed by atoms with Crippen molar-refractivity contribution in [3.8, 4) is 0 Å². The van der Waals surface area contributed by atoms with Crippen LogP contribution in [0.1, 0.15) is 35.7 Å². The summed E-state index contributed by atoms with van der Waals surface area (Å²) < 4.78 is 0. The zero-order valence-corrected chi connectivity index (χ0v) is 12.4. The molecular formula is C17H21N3O. The van der Waals surface area contributed by atoms with E-state index >= 15 is 0 Å². The number of rotatable bonds is 3. The molecule has 0 spiro atoms. The van der Waals surface area contributed by atoms with Gasteiger partial charge in [-0.3, -0.25) is 4.79 Å². The van der Waals surface area contributed by atoms with E-state index in [0.717, 1.165) is 37.3 Å². The predicted molar refractivity (Wildman–Crippen MR) is 82.0 cm³/mol. The molecule has 1 aliphatic heterocycles. The molecule has 1 amide bonds. The molecule has 0 atom stereocenters. The molecule has 1 aromatic heterocycles. The van der Waals surface area contributed by atoms with Gasteiger partial charge in [0.15, 0.2) is 0 Å². The number of aryl methyl sites for hydroxylation is 1. The molecule has 1 saturated heterocycles. The van der Waals surface area contributed by atoms with Crippen molar-refractivity contribution in [1.29, 1.82) is 0 Å². The number of H-pyrrole nitrogens is 1. The molecule has 1 aromatic carbocycles. The fourth-order valence-electron chi connectivity index (χ4n) is 2.99. The molecule has 0 bridgehead atoms. The monoisotopic (exact) mass is 283 g/mol. The molecule has 0 aliphatic carbocycles. The zero-order chi connectivity index (χ0) is 14.7. The number of benzene rings is 1. The molecule has 4 nitrogen and oxygen atoms in total. The van der Waals surface area contributed by atoms with Gasteiger partial charge in [-0.2, -0.15) is 0 Å². The Morgan fingerprint density at radius 1 is 1.33 bits per heavy atom. The number of piperidine rings is 1. The average Bonchev–Trinajstić information content (AvgIpc) is 3.04. The molecule has 3 rings (SSSR count). The first kappa shape index (κ1) is 13.9. The van der Waals surface area contributed by atoms with Crippen LogP contribution >= 0.6 is 0 Å². The molecule has 1 N–H and O–H groups in total. The number of nitrogens with zero attached hydrogens (tertiary/aromatic N) is 2. The molecule has 1 fully saturated rings. The summed E-state index contributed by atoms with van der Waals surface area (Å²) >= 11 is 0. The molecule has 4 heteroatoms. The maximum Gasteiger partial charge on any atom is 0.226 e. The van der Waals surface area contributed by atoms with Gasteiger partial charge in [0, 0.05) is 31.4 Å². The molecule has 2 aromatic rings. The fraction of sp³-hybridized carbons (Fsp3) is 0.412. The van der Waals surface area contributed by atoms with Crippen LogP contribution in [-0.4, -0.2) is 33.9 Å². The van der Waals surface area contributed by atoms with Crippen molar-refractivity contribution in [2.24, 2.45) is 0 Å². The minimum absolute atomic E-state index is 0.238. The Balaban J connectivity index is 1.57. The van der Waals surface area contributed by atoms with E-state index in [0.29, 0.717) is 12.3 Å². The first-order chi connectivity index (χ1) is 10.2. The van der Waals surface area contributed by atoms with Crippen LogP contribution in [0.15, 0.2) is 36.7 Å². The lowest BCUT2D eigenvalue weighted by Gasteiger charge is -2.31. The summed E-state index contributed by atoms with van der Waals surface area (Å²) in [5.74, 6) is 1.76. The van der Waals surface area contributed by atoms with E-state index in [4.69, 9.17) is 0 Å². The standard InChI is InChI=1S/C17H21N3O/c1-13-4-2-3-5-15(13)12-16(21)20-10-6-14(7-11-20)17-18-8-9-19-17/h2-5,8-9,14H,6-7,10-12H2,1H3,(H,18,19). The summed E-state index contributed by atoms with van der Waals surface area (Å²) in [5.41, 5.74) is 2.33. The van der Waals surface area contributed by atoms with Crippen LogP contribution in [0.5, 0.6) is 0 Å². The number of aromatic amines is 1. The van der Waals surface area contributed by atoms with Crippen molar-refractivity contribution in [2.75, 3.05) is 13.1 Å². The van der Waals surface area contributed by atoms with E-state index in [1.54, 1.807) is 6.20 Å². The first-order valence-electron chi connectivity index (χ1n) is 7.55. The highest BCUT2D eigenvalue weighted by molar-refractivity contribution is 5.79. The summed E-state index contributed by atoms with van der Waals surface area (Å²) in [4.78, 5) is 21.9. The number of hydrogen-bond acceptors (Lipinski definition) is 2. The van der Waals surface area contributed by atoms with E-state index in [2.05, 4.69) is 23.0 Å². The van der Waals surface area contributed by atoms with E-state index < -0.39 is 0 Å². The highest BCUT2D eigenvalue weighted by Crippen LogP contribution is 2.25. The number of hydrogen-bond donors (Lipinski definition) is 1. The van der Waals surface area contributed by atoms with Gasteiger partial charge in [-0.1, -0.05) is 24.3 Å². The van der Waals surface area contributed by atoms with E-state index in [1.807, 2.05) is 29.3 Å². The van der Waals surface area contributed by atoms with Crippen LogP contribution in [0.2, 0.25) is 0 Å². The molecule has 0 saturated carbocycles. The van der Waals surface area contributed by atoms with E-state index in [1.165, 1.54) is 5.56 Å². The summed E-state index contributed by atoms with van der Waals surface area (Å²) in [6, 6.07) is 8.12. The summed E-state index contributed by atoms with van der Waals surface area (Å²) in [6.07, 6.45) is 6.16. The maximum absolute atomic E-state index is 12.4. The summed E-state index contributed by atoms with van der Waals surface area (Å²) in [7, 11) is 0. The number of amides is 1. The molecule has 21 heavy (non-hydrogen) atoms. The Morgan fingerprint density at radius 2 is 2.10 bits per heavy atom. The third-order valence-electron chi connectivity index (χ3n) is 4.36. The quantitative estimate of drug-likeness (QED) is 0.941. The Labute approximate surface area is 125 Å². The van der Waals surface area contributed by atoms with Gasteiger partial charge in [0.2, 0.25) is 5.91 Å². The maximum atomic E-state index is 12.4. The lowest BCUT2D eigenvalue weighted by molar-refractivity contribution is -0.131. The van der Waals surface area contributed by atoms with Gasteiger partial charge in [-0.15, -0.1) is 0 Å². The highest BCUT2D eigenvalue weighted by atomic mass is 16.2. The smallest absolute Gasteiger partial charge is 0.226 e. The Bertz CT molecular complexity index is 598. The van der Waals surface area contributed by atoms with E-state index in [9.17, 15) is 4.79 Å². The second-order valence-electron chi connectivity index (χ2n) is 5.73. The van der Waals surface area contributed by atoms with Crippen molar-refractivity contribution < 1.29 is 4.79 Å². The van der Waals surface area contributed by atoms with Gasteiger partial charge in [0.1, 0.15) is 5.82 Å². The number of imidazole rings is 1. The fourth-order valence-corrected chi connectivity index (χ4v) is 2.99. The van der Waals surface area contributed by atoms with E-state index in [-0.39, 0.29) is 5.91 Å². The van der Waals surface area contributed by atoms with Crippen LogP contribution in [-0.2, 0) is 11.2 Å². The number of nitrogens with one attached hydrogen (secondary N) is 1. The SMILES string of the molecule is Cc1ccccc1CC(=O)N1CCC(c2ncc[nH]2)CC1. The molecular weight excluding hydrogens is 262 g/mol. The second-order valence-corrected chi connectivity index (χ2v) is 5.73.